The predicted octanol–water partition coefficient (Wildman–Crippen LogP) is 3.27. The zero-order chi connectivity index (χ0) is 25.1. The van der Waals surface area contributed by atoms with Crippen LogP contribution in [0.4, 0.5) is 0 Å². The van der Waals surface area contributed by atoms with Crippen molar-refractivity contribution in [2.45, 2.75) is 19.8 Å². The fourth-order valence-corrected chi connectivity index (χ4v) is 4.19. The average molecular weight is 476 g/mol. The Morgan fingerprint density at radius 2 is 1.91 bits per heavy atom. The van der Waals surface area contributed by atoms with Crippen LogP contribution in [0.1, 0.15) is 30.9 Å². The number of methoxy groups -OCH3 is 1. The third kappa shape index (κ3) is 4.26. The highest BCUT2D eigenvalue weighted by Crippen LogP contribution is 2.45. The summed E-state index contributed by atoms with van der Waals surface area (Å²) < 4.78 is 22.5. The number of nitriles is 1. The van der Waals surface area contributed by atoms with Crippen LogP contribution in [-0.4, -0.2) is 37.6 Å². The predicted molar refractivity (Wildman–Crippen MR) is 128 cm³/mol. The molecule has 2 heterocycles. The molecule has 0 unspecified atom stereocenters. The molecular formula is C26H25N3O6. The number of hydrogen-bond donors (Lipinski definition) is 1. The van der Waals surface area contributed by atoms with Crippen LogP contribution in [-0.2, 0) is 4.79 Å². The van der Waals surface area contributed by atoms with Crippen molar-refractivity contribution < 1.29 is 23.4 Å². The van der Waals surface area contributed by atoms with Crippen LogP contribution in [0.15, 0.2) is 63.1 Å². The highest BCUT2D eigenvalue weighted by atomic mass is 16.5. The normalized spacial score (nSPS) is 14.6. The molecule has 2 N–H and O–H groups in total. The van der Waals surface area contributed by atoms with Gasteiger partial charge >= 0.3 is 5.63 Å². The van der Waals surface area contributed by atoms with Gasteiger partial charge in [0.25, 0.3) is 5.91 Å². The van der Waals surface area contributed by atoms with E-state index in [0.29, 0.717) is 41.1 Å². The molecular weight excluding hydrogens is 450 g/mol. The number of para-hydroxylation sites is 1. The van der Waals surface area contributed by atoms with E-state index in [2.05, 4.69) is 6.07 Å². The summed E-state index contributed by atoms with van der Waals surface area (Å²) in [7, 11) is 1.47. The molecule has 4 rings (SSSR count). The number of benzene rings is 2. The first-order chi connectivity index (χ1) is 16.9. The molecule has 1 aliphatic heterocycles. The van der Waals surface area contributed by atoms with Crippen LogP contribution < -0.4 is 25.6 Å². The van der Waals surface area contributed by atoms with E-state index in [1.807, 2.05) is 13.8 Å². The Morgan fingerprint density at radius 3 is 2.60 bits per heavy atom. The Balaban J connectivity index is 1.78. The molecule has 1 amide bonds. The van der Waals surface area contributed by atoms with E-state index in [-0.39, 0.29) is 35.3 Å². The first-order valence-electron chi connectivity index (χ1n) is 11.1. The molecule has 0 saturated heterocycles. The summed E-state index contributed by atoms with van der Waals surface area (Å²) in [5, 5.41) is 10.4. The standard InChI is InChI=1S/C26H25N3O6/c1-4-29(5-2)21(30)14-33-19-11-10-15(12-20(19)32-3)22-17(13-27)25(28)35-24-16-8-6-7-9-18(16)34-26(31)23(22)24/h6-12,22H,4-5,14,28H2,1-3H3/t22-/m0/s1. The molecule has 1 atom stereocenters. The molecule has 0 saturated carbocycles. The number of ether oxygens (including phenoxy) is 3. The smallest absolute Gasteiger partial charge is 0.344 e. The zero-order valence-electron chi connectivity index (χ0n) is 19.7. The molecule has 0 spiro atoms. The summed E-state index contributed by atoms with van der Waals surface area (Å²) in [5.41, 5.74) is 6.63. The number of likely N-dealkylation sites (N-methyl/N-ethyl adjacent to an activating group) is 1. The molecule has 0 radical (unpaired) electrons. The summed E-state index contributed by atoms with van der Waals surface area (Å²) in [6, 6.07) is 14.0. The number of nitrogens with zero attached hydrogens (tertiary/aromatic N) is 2. The minimum absolute atomic E-state index is 0.0764. The second kappa shape index (κ2) is 9.81. The van der Waals surface area contributed by atoms with E-state index in [9.17, 15) is 14.9 Å². The van der Waals surface area contributed by atoms with Crippen LogP contribution in [0.25, 0.3) is 11.0 Å². The zero-order valence-corrected chi connectivity index (χ0v) is 19.7. The Bertz CT molecular complexity index is 1410. The van der Waals surface area contributed by atoms with E-state index in [1.54, 1.807) is 47.4 Å². The number of fused-ring (bicyclic) bond motifs is 3. The topological polar surface area (TPSA) is 128 Å². The van der Waals surface area contributed by atoms with Crippen LogP contribution in [0.3, 0.4) is 0 Å². The molecule has 0 fully saturated rings. The number of nitrogens with two attached hydrogens (primary N) is 1. The van der Waals surface area contributed by atoms with E-state index in [0.717, 1.165) is 0 Å². The van der Waals surface area contributed by atoms with Crippen LogP contribution >= 0.6 is 0 Å². The van der Waals surface area contributed by atoms with Crippen molar-refractivity contribution in [3.63, 3.8) is 0 Å². The summed E-state index contributed by atoms with van der Waals surface area (Å²) in [5.74, 6) is -0.141. The van der Waals surface area contributed by atoms with Crippen molar-refractivity contribution in [1.82, 2.24) is 4.90 Å². The van der Waals surface area contributed by atoms with Crippen molar-refractivity contribution in [3.05, 3.63) is 75.5 Å². The van der Waals surface area contributed by atoms with Crippen molar-refractivity contribution in [1.29, 1.82) is 5.26 Å². The number of amides is 1. The minimum atomic E-state index is -0.843. The van der Waals surface area contributed by atoms with Gasteiger partial charge in [0.05, 0.1) is 24.0 Å². The number of carbonyl (C=O) groups is 1. The highest BCUT2D eigenvalue weighted by Gasteiger charge is 2.36. The summed E-state index contributed by atoms with van der Waals surface area (Å²) in [6.45, 7) is 4.81. The Labute approximate surface area is 201 Å². The quantitative estimate of drug-likeness (QED) is 0.516. The number of hydrogen-bond acceptors (Lipinski definition) is 8. The fourth-order valence-electron chi connectivity index (χ4n) is 4.19. The summed E-state index contributed by atoms with van der Waals surface area (Å²) >= 11 is 0. The SMILES string of the molecule is CCN(CC)C(=O)COc1ccc([C@H]2C(C#N)=C(N)Oc3c2c(=O)oc2ccccc32)cc1OC. The lowest BCUT2D eigenvalue weighted by Crippen LogP contribution is -2.34. The second-order valence-corrected chi connectivity index (χ2v) is 7.82. The van der Waals surface area contributed by atoms with Gasteiger partial charge in [-0.15, -0.1) is 0 Å². The number of allylic oxidation sites excluding steroid dienone is 1. The van der Waals surface area contributed by atoms with E-state index in [1.165, 1.54) is 7.11 Å². The van der Waals surface area contributed by atoms with Crippen molar-refractivity contribution >= 4 is 16.9 Å². The molecule has 3 aromatic rings. The second-order valence-electron chi connectivity index (χ2n) is 7.82. The van der Waals surface area contributed by atoms with Crippen molar-refractivity contribution in [2.75, 3.05) is 26.8 Å². The minimum Gasteiger partial charge on any atom is -0.493 e. The molecule has 9 nitrogen and oxygen atoms in total. The van der Waals surface area contributed by atoms with Crippen LogP contribution in [0.2, 0.25) is 0 Å². The van der Waals surface area contributed by atoms with Gasteiger partial charge in [-0.2, -0.15) is 5.26 Å². The van der Waals surface area contributed by atoms with Crippen LogP contribution in [0, 0.1) is 11.3 Å². The lowest BCUT2D eigenvalue weighted by molar-refractivity contribution is -0.132. The van der Waals surface area contributed by atoms with E-state index < -0.39 is 11.5 Å². The number of rotatable bonds is 7. The van der Waals surface area contributed by atoms with Gasteiger partial charge in [-0.3, -0.25) is 4.79 Å². The van der Waals surface area contributed by atoms with Gasteiger partial charge < -0.3 is 29.3 Å². The first kappa shape index (κ1) is 23.7. The molecule has 180 valence electrons. The fraction of sp³-hybridized carbons (Fsp3) is 0.269. The lowest BCUT2D eigenvalue weighted by atomic mass is 9.83. The van der Waals surface area contributed by atoms with Gasteiger partial charge in [0.15, 0.2) is 23.9 Å². The van der Waals surface area contributed by atoms with Crippen molar-refractivity contribution in [3.8, 4) is 23.3 Å². The van der Waals surface area contributed by atoms with Gasteiger partial charge in [0.1, 0.15) is 17.2 Å². The van der Waals surface area contributed by atoms with Gasteiger partial charge in [0.2, 0.25) is 5.88 Å². The molecule has 35 heavy (non-hydrogen) atoms. The first-order valence-corrected chi connectivity index (χ1v) is 11.1. The van der Waals surface area contributed by atoms with E-state index in [4.69, 9.17) is 24.4 Å². The van der Waals surface area contributed by atoms with Crippen molar-refractivity contribution in [2.24, 2.45) is 5.73 Å². The van der Waals surface area contributed by atoms with Gasteiger partial charge in [-0.25, -0.2) is 4.79 Å². The Hall–Kier alpha value is -4.45. The van der Waals surface area contributed by atoms with Gasteiger partial charge in [-0.1, -0.05) is 18.2 Å². The van der Waals surface area contributed by atoms with Gasteiger partial charge in [-0.05, 0) is 43.7 Å². The average Bonchev–Trinajstić information content (AvgIpc) is 2.87. The van der Waals surface area contributed by atoms with E-state index >= 15 is 0 Å². The highest BCUT2D eigenvalue weighted by molar-refractivity contribution is 5.86. The third-order valence-corrected chi connectivity index (χ3v) is 5.96. The molecule has 1 aromatic heterocycles. The maximum absolute atomic E-state index is 13.0. The Morgan fingerprint density at radius 1 is 1.17 bits per heavy atom. The maximum Gasteiger partial charge on any atom is 0.344 e. The monoisotopic (exact) mass is 475 g/mol. The maximum atomic E-state index is 13.0. The van der Waals surface area contributed by atoms with Gasteiger partial charge in [0, 0.05) is 13.1 Å². The Kier molecular flexibility index (Phi) is 6.64. The molecule has 0 bridgehead atoms. The lowest BCUT2D eigenvalue weighted by Gasteiger charge is -2.26. The third-order valence-electron chi connectivity index (χ3n) is 5.96. The molecule has 1 aliphatic rings. The molecule has 2 aromatic carbocycles. The largest absolute Gasteiger partial charge is 0.493 e. The van der Waals surface area contributed by atoms with Crippen LogP contribution in [0.5, 0.6) is 17.2 Å². The summed E-state index contributed by atoms with van der Waals surface area (Å²) in [6.07, 6.45) is 0. The number of carbonyl (C=O) groups excluding carboxylic acids is 1. The molecule has 0 aliphatic carbocycles. The molecule has 9 heteroatoms. The summed E-state index contributed by atoms with van der Waals surface area (Å²) in [4.78, 5) is 27.0.